The van der Waals surface area contributed by atoms with E-state index in [1.807, 2.05) is 6.07 Å². The van der Waals surface area contributed by atoms with Crippen molar-refractivity contribution in [1.82, 2.24) is 10.2 Å². The SMILES string of the molecule is CN(C(=O)C1CC1)c1ccccc1C(=O)N1C2CCC1C(=O)NC2. The fourth-order valence-corrected chi connectivity index (χ4v) is 3.79. The molecular weight excluding hydrogens is 306 g/mol. The molecule has 2 bridgehead atoms. The molecule has 0 radical (unpaired) electrons. The zero-order valence-corrected chi connectivity index (χ0v) is 13.7. The van der Waals surface area contributed by atoms with Gasteiger partial charge < -0.3 is 15.1 Å². The molecule has 3 fully saturated rings. The Morgan fingerprint density at radius 1 is 1.17 bits per heavy atom. The number of carbonyl (C=O) groups is 3. The third-order valence-corrected chi connectivity index (χ3v) is 5.30. The van der Waals surface area contributed by atoms with Crippen molar-refractivity contribution in [3.63, 3.8) is 0 Å². The van der Waals surface area contributed by atoms with Gasteiger partial charge in [-0.2, -0.15) is 0 Å². The van der Waals surface area contributed by atoms with Crippen LogP contribution in [0.2, 0.25) is 0 Å². The molecule has 126 valence electrons. The maximum atomic E-state index is 13.1. The monoisotopic (exact) mass is 327 g/mol. The molecule has 2 unspecified atom stereocenters. The summed E-state index contributed by atoms with van der Waals surface area (Å²) in [4.78, 5) is 40.9. The fourth-order valence-electron chi connectivity index (χ4n) is 3.79. The number of para-hydroxylation sites is 1. The van der Waals surface area contributed by atoms with Crippen LogP contribution in [0.15, 0.2) is 24.3 Å². The number of nitrogens with zero attached hydrogens (tertiary/aromatic N) is 2. The Bertz CT molecular complexity index is 713. The minimum Gasteiger partial charge on any atom is -0.352 e. The molecule has 1 aromatic rings. The van der Waals surface area contributed by atoms with Gasteiger partial charge in [0, 0.05) is 19.5 Å². The molecule has 2 atom stereocenters. The lowest BCUT2D eigenvalue weighted by Crippen LogP contribution is -2.57. The summed E-state index contributed by atoms with van der Waals surface area (Å²) in [6.07, 6.45) is 3.40. The second-order valence-corrected chi connectivity index (χ2v) is 6.89. The molecule has 1 aliphatic carbocycles. The Morgan fingerprint density at radius 2 is 1.92 bits per heavy atom. The Morgan fingerprint density at radius 3 is 2.67 bits per heavy atom. The lowest BCUT2D eigenvalue weighted by Gasteiger charge is -2.35. The van der Waals surface area contributed by atoms with Gasteiger partial charge in [-0.3, -0.25) is 14.4 Å². The van der Waals surface area contributed by atoms with Crippen molar-refractivity contribution in [2.75, 3.05) is 18.5 Å². The van der Waals surface area contributed by atoms with Crippen molar-refractivity contribution >= 4 is 23.4 Å². The van der Waals surface area contributed by atoms with E-state index in [0.717, 1.165) is 19.3 Å². The highest BCUT2D eigenvalue weighted by atomic mass is 16.2. The summed E-state index contributed by atoms with van der Waals surface area (Å²) < 4.78 is 0. The molecule has 3 amide bonds. The molecule has 3 aliphatic rings. The molecule has 1 N–H and O–H groups in total. The Balaban J connectivity index is 1.65. The number of hydrogen-bond donors (Lipinski definition) is 1. The van der Waals surface area contributed by atoms with Crippen molar-refractivity contribution < 1.29 is 14.4 Å². The van der Waals surface area contributed by atoms with Gasteiger partial charge in [0.25, 0.3) is 5.91 Å². The molecule has 1 saturated carbocycles. The summed E-state index contributed by atoms with van der Waals surface area (Å²) >= 11 is 0. The van der Waals surface area contributed by atoms with Crippen molar-refractivity contribution in [3.05, 3.63) is 29.8 Å². The minimum absolute atomic E-state index is 0.0534. The average molecular weight is 327 g/mol. The predicted octanol–water partition coefficient (Wildman–Crippen LogP) is 1.16. The topological polar surface area (TPSA) is 69.7 Å². The lowest BCUT2D eigenvalue weighted by atomic mass is 10.1. The zero-order valence-electron chi connectivity index (χ0n) is 13.7. The summed E-state index contributed by atoms with van der Waals surface area (Å²) in [5.41, 5.74) is 1.13. The van der Waals surface area contributed by atoms with Crippen molar-refractivity contribution in [2.45, 2.75) is 37.8 Å². The first kappa shape index (κ1) is 15.2. The molecule has 2 heterocycles. The Kier molecular flexibility index (Phi) is 3.55. The van der Waals surface area contributed by atoms with E-state index in [4.69, 9.17) is 0 Å². The summed E-state index contributed by atoms with van der Waals surface area (Å²) in [5.74, 6) is -0.0647. The van der Waals surface area contributed by atoms with E-state index in [2.05, 4.69) is 5.32 Å². The molecule has 2 aliphatic heterocycles. The van der Waals surface area contributed by atoms with Crippen LogP contribution in [0, 0.1) is 5.92 Å². The van der Waals surface area contributed by atoms with Crippen molar-refractivity contribution in [1.29, 1.82) is 0 Å². The van der Waals surface area contributed by atoms with Gasteiger partial charge in [-0.25, -0.2) is 0 Å². The second kappa shape index (κ2) is 5.61. The first-order valence-corrected chi connectivity index (χ1v) is 8.55. The van der Waals surface area contributed by atoms with E-state index >= 15 is 0 Å². The van der Waals surface area contributed by atoms with E-state index < -0.39 is 0 Å². The number of rotatable bonds is 3. The summed E-state index contributed by atoms with van der Waals surface area (Å²) in [6, 6.07) is 6.87. The van der Waals surface area contributed by atoms with Crippen LogP contribution < -0.4 is 10.2 Å². The first-order valence-electron chi connectivity index (χ1n) is 8.55. The fraction of sp³-hybridized carbons (Fsp3) is 0.500. The van der Waals surface area contributed by atoms with Crippen LogP contribution in [-0.4, -0.2) is 48.3 Å². The number of piperazine rings is 1. The summed E-state index contributed by atoms with van der Waals surface area (Å²) in [7, 11) is 1.73. The summed E-state index contributed by atoms with van der Waals surface area (Å²) in [5, 5.41) is 2.86. The molecule has 6 nitrogen and oxygen atoms in total. The number of nitrogens with one attached hydrogen (secondary N) is 1. The molecule has 4 rings (SSSR count). The van der Waals surface area contributed by atoms with Crippen LogP contribution in [0.3, 0.4) is 0 Å². The van der Waals surface area contributed by atoms with Gasteiger partial charge in [0.1, 0.15) is 6.04 Å². The van der Waals surface area contributed by atoms with Gasteiger partial charge in [-0.1, -0.05) is 12.1 Å². The van der Waals surface area contributed by atoms with Crippen LogP contribution in [0.5, 0.6) is 0 Å². The van der Waals surface area contributed by atoms with Gasteiger partial charge >= 0.3 is 0 Å². The standard InChI is InChI=1S/C18H21N3O3/c1-20(17(23)11-6-7-11)14-5-3-2-4-13(14)18(24)21-12-8-9-15(21)16(22)19-10-12/h2-5,11-12,15H,6-10H2,1H3,(H,19,22). The Labute approximate surface area is 140 Å². The van der Waals surface area contributed by atoms with E-state index in [9.17, 15) is 14.4 Å². The number of anilines is 1. The normalized spacial score (nSPS) is 25.4. The Hall–Kier alpha value is -2.37. The average Bonchev–Trinajstić information content (AvgIpc) is 3.39. The van der Waals surface area contributed by atoms with Gasteiger partial charge in [-0.15, -0.1) is 0 Å². The molecule has 2 saturated heterocycles. The molecular formula is C18H21N3O3. The zero-order chi connectivity index (χ0) is 16.8. The van der Waals surface area contributed by atoms with Gasteiger partial charge in [-0.05, 0) is 37.8 Å². The molecule has 0 spiro atoms. The molecule has 0 aromatic heterocycles. The smallest absolute Gasteiger partial charge is 0.256 e. The van der Waals surface area contributed by atoms with Crippen LogP contribution in [0.25, 0.3) is 0 Å². The maximum absolute atomic E-state index is 13.1. The lowest BCUT2D eigenvalue weighted by molar-refractivity contribution is -0.127. The van der Waals surface area contributed by atoms with Crippen LogP contribution in [-0.2, 0) is 9.59 Å². The maximum Gasteiger partial charge on any atom is 0.256 e. The van der Waals surface area contributed by atoms with Crippen molar-refractivity contribution in [3.8, 4) is 0 Å². The third kappa shape index (κ3) is 2.37. The van der Waals surface area contributed by atoms with Crippen molar-refractivity contribution in [2.24, 2.45) is 5.92 Å². The largest absolute Gasteiger partial charge is 0.352 e. The van der Waals surface area contributed by atoms with E-state index in [0.29, 0.717) is 24.2 Å². The van der Waals surface area contributed by atoms with Crippen LogP contribution >= 0.6 is 0 Å². The van der Waals surface area contributed by atoms with Crippen LogP contribution in [0.4, 0.5) is 5.69 Å². The number of fused-ring (bicyclic) bond motifs is 2. The highest BCUT2D eigenvalue weighted by Crippen LogP contribution is 2.35. The number of amides is 3. The number of hydrogen-bond acceptors (Lipinski definition) is 3. The highest BCUT2D eigenvalue weighted by Gasteiger charge is 2.45. The highest BCUT2D eigenvalue weighted by molar-refractivity contribution is 6.07. The predicted molar refractivity (Wildman–Crippen MR) is 88.6 cm³/mol. The van der Waals surface area contributed by atoms with Gasteiger partial charge in [0.2, 0.25) is 11.8 Å². The number of carbonyl (C=O) groups excluding carboxylic acids is 3. The first-order chi connectivity index (χ1) is 11.6. The van der Waals surface area contributed by atoms with Gasteiger partial charge in [0.05, 0.1) is 17.3 Å². The van der Waals surface area contributed by atoms with Crippen LogP contribution in [0.1, 0.15) is 36.0 Å². The summed E-state index contributed by atoms with van der Waals surface area (Å²) in [6.45, 7) is 0.514. The molecule has 1 aromatic carbocycles. The molecule has 24 heavy (non-hydrogen) atoms. The van der Waals surface area contributed by atoms with E-state index in [-0.39, 0.29) is 35.7 Å². The third-order valence-electron chi connectivity index (χ3n) is 5.30. The van der Waals surface area contributed by atoms with E-state index in [1.54, 1.807) is 35.0 Å². The second-order valence-electron chi connectivity index (χ2n) is 6.89. The quantitative estimate of drug-likeness (QED) is 0.906. The minimum atomic E-state index is -0.381. The molecule has 6 heteroatoms. The number of benzene rings is 1. The van der Waals surface area contributed by atoms with E-state index in [1.165, 1.54) is 0 Å². The van der Waals surface area contributed by atoms with Gasteiger partial charge in [0.15, 0.2) is 0 Å².